The maximum absolute atomic E-state index is 12.1. The predicted octanol–water partition coefficient (Wildman–Crippen LogP) is 6.40. The summed E-state index contributed by atoms with van der Waals surface area (Å²) in [6.45, 7) is 8.89. The molecule has 0 aliphatic carbocycles. The molecule has 0 fully saturated rings. The highest BCUT2D eigenvalue weighted by Gasteiger charge is 2.24. The third-order valence-electron chi connectivity index (χ3n) is 5.13. The van der Waals surface area contributed by atoms with Gasteiger partial charge in [0.2, 0.25) is 0 Å². The van der Waals surface area contributed by atoms with Crippen molar-refractivity contribution < 1.29 is 8.42 Å². The summed E-state index contributed by atoms with van der Waals surface area (Å²) in [5, 5.41) is 3.09. The van der Waals surface area contributed by atoms with Crippen molar-refractivity contribution in [2.45, 2.75) is 91.9 Å². The van der Waals surface area contributed by atoms with Crippen molar-refractivity contribution in [3.05, 3.63) is 22.0 Å². The van der Waals surface area contributed by atoms with Crippen molar-refractivity contribution in [2.24, 2.45) is 11.8 Å². The molecule has 0 saturated heterocycles. The van der Waals surface area contributed by atoms with Gasteiger partial charge in [0.1, 0.15) is 0 Å². The first kappa shape index (κ1) is 20.5. The van der Waals surface area contributed by atoms with Crippen LogP contribution in [0.4, 0.5) is 0 Å². The van der Waals surface area contributed by atoms with E-state index < -0.39 is 9.84 Å². The Morgan fingerprint density at radius 1 is 0.783 bits per heavy atom. The van der Waals surface area contributed by atoms with E-state index in [2.05, 4.69) is 27.7 Å². The lowest BCUT2D eigenvalue weighted by Gasteiger charge is -2.20. The molecule has 0 saturated carbocycles. The van der Waals surface area contributed by atoms with Crippen LogP contribution in [0.15, 0.2) is 22.0 Å². The molecule has 0 aromatic heterocycles. The van der Waals surface area contributed by atoms with Gasteiger partial charge in [-0.2, -0.15) is 0 Å². The SMILES string of the molecule is CCCC[C@H](CC)CC1=CS(=O)(=O)C=C1C[C@@H](CC)CCCC. The van der Waals surface area contributed by atoms with Gasteiger partial charge in [0.25, 0.3) is 0 Å². The van der Waals surface area contributed by atoms with Crippen molar-refractivity contribution in [1.82, 2.24) is 0 Å². The second kappa shape index (κ2) is 10.3. The third-order valence-corrected chi connectivity index (χ3v) is 6.36. The van der Waals surface area contributed by atoms with Gasteiger partial charge in [0.05, 0.1) is 0 Å². The fourth-order valence-electron chi connectivity index (χ4n) is 3.45. The largest absolute Gasteiger partial charge is 0.220 e. The standard InChI is InChI=1S/C20H36O2S/c1-5-9-11-17(7-3)13-19-15-23(21,22)16-20(19)14-18(8-4)12-10-6-2/h15-18H,5-14H2,1-4H3/t17-,18-/m0/s1. The topological polar surface area (TPSA) is 34.1 Å². The Hall–Kier alpha value is -0.570. The molecule has 0 N–H and O–H groups in total. The molecular formula is C20H36O2S. The van der Waals surface area contributed by atoms with E-state index in [0.29, 0.717) is 11.8 Å². The van der Waals surface area contributed by atoms with Gasteiger partial charge in [-0.1, -0.05) is 79.1 Å². The molecule has 0 bridgehead atoms. The molecule has 2 nitrogen and oxygen atoms in total. The Bertz CT molecular complexity index is 460. The normalized spacial score (nSPS) is 19.3. The summed E-state index contributed by atoms with van der Waals surface area (Å²) in [4.78, 5) is 0. The van der Waals surface area contributed by atoms with Crippen molar-refractivity contribution in [1.29, 1.82) is 0 Å². The first-order chi connectivity index (χ1) is 11.0. The van der Waals surface area contributed by atoms with E-state index in [9.17, 15) is 8.42 Å². The molecule has 2 atom stereocenters. The molecule has 1 heterocycles. The van der Waals surface area contributed by atoms with Gasteiger partial charge in [0, 0.05) is 10.8 Å². The van der Waals surface area contributed by atoms with Crippen LogP contribution in [0.5, 0.6) is 0 Å². The van der Waals surface area contributed by atoms with E-state index in [0.717, 1.165) is 36.8 Å². The first-order valence-corrected chi connectivity index (χ1v) is 11.2. The average molecular weight is 341 g/mol. The highest BCUT2D eigenvalue weighted by Crippen LogP contribution is 2.35. The van der Waals surface area contributed by atoms with E-state index in [1.54, 1.807) is 10.8 Å². The molecule has 3 heteroatoms. The predicted molar refractivity (Wildman–Crippen MR) is 101 cm³/mol. The minimum atomic E-state index is -3.12. The Morgan fingerprint density at radius 3 is 1.48 bits per heavy atom. The fourth-order valence-corrected chi connectivity index (χ4v) is 4.81. The van der Waals surface area contributed by atoms with Crippen LogP contribution < -0.4 is 0 Å². The number of sulfone groups is 1. The van der Waals surface area contributed by atoms with Crippen LogP contribution in [0.25, 0.3) is 0 Å². The molecule has 1 aliphatic rings. The summed E-state index contributed by atoms with van der Waals surface area (Å²) >= 11 is 0. The number of hydrogen-bond acceptors (Lipinski definition) is 2. The molecule has 0 amide bonds. The van der Waals surface area contributed by atoms with Gasteiger partial charge in [-0.05, 0) is 35.8 Å². The molecule has 0 spiro atoms. The lowest BCUT2D eigenvalue weighted by molar-refractivity contribution is 0.433. The van der Waals surface area contributed by atoms with Gasteiger partial charge in [-0.3, -0.25) is 0 Å². The number of hydrogen-bond donors (Lipinski definition) is 0. The number of allylic oxidation sites excluding steroid dienone is 2. The summed E-state index contributed by atoms with van der Waals surface area (Å²) in [5.74, 6) is 1.24. The number of unbranched alkanes of at least 4 members (excludes halogenated alkanes) is 2. The van der Waals surface area contributed by atoms with E-state index in [1.807, 2.05) is 0 Å². The Balaban J connectivity index is 2.78. The highest BCUT2D eigenvalue weighted by molar-refractivity contribution is 7.97. The van der Waals surface area contributed by atoms with Crippen molar-refractivity contribution in [3.8, 4) is 0 Å². The van der Waals surface area contributed by atoms with Crippen molar-refractivity contribution in [2.75, 3.05) is 0 Å². The van der Waals surface area contributed by atoms with Gasteiger partial charge in [-0.15, -0.1) is 0 Å². The second-order valence-corrected chi connectivity index (χ2v) is 8.77. The zero-order valence-electron chi connectivity index (χ0n) is 15.6. The quantitative estimate of drug-likeness (QED) is 0.412. The molecular weight excluding hydrogens is 304 g/mol. The Labute approximate surface area is 144 Å². The van der Waals surface area contributed by atoms with Crippen molar-refractivity contribution >= 4 is 9.84 Å². The summed E-state index contributed by atoms with van der Waals surface area (Å²) in [6, 6.07) is 0. The second-order valence-electron chi connectivity index (χ2n) is 7.12. The molecule has 23 heavy (non-hydrogen) atoms. The van der Waals surface area contributed by atoms with E-state index in [4.69, 9.17) is 0 Å². The van der Waals surface area contributed by atoms with E-state index in [-0.39, 0.29) is 0 Å². The minimum Gasteiger partial charge on any atom is -0.220 e. The van der Waals surface area contributed by atoms with Crippen LogP contribution in [0.1, 0.15) is 91.9 Å². The minimum absolute atomic E-state index is 0.619. The van der Waals surface area contributed by atoms with Crippen LogP contribution in [-0.2, 0) is 9.84 Å². The number of rotatable bonds is 12. The smallest absolute Gasteiger partial charge is 0.193 e. The molecule has 0 aromatic carbocycles. The van der Waals surface area contributed by atoms with Crippen LogP contribution in [0.3, 0.4) is 0 Å². The lowest BCUT2D eigenvalue weighted by atomic mass is 9.85. The van der Waals surface area contributed by atoms with Crippen LogP contribution >= 0.6 is 0 Å². The van der Waals surface area contributed by atoms with Gasteiger partial charge < -0.3 is 0 Å². The molecule has 0 aromatic rings. The Kier molecular flexibility index (Phi) is 9.19. The van der Waals surface area contributed by atoms with Gasteiger partial charge >= 0.3 is 0 Å². The first-order valence-electron chi connectivity index (χ1n) is 9.62. The average Bonchev–Trinajstić information content (AvgIpc) is 2.81. The lowest BCUT2D eigenvalue weighted by Crippen LogP contribution is -2.05. The Morgan fingerprint density at radius 2 is 1.17 bits per heavy atom. The summed E-state index contributed by atoms with van der Waals surface area (Å²) in [7, 11) is -3.12. The summed E-state index contributed by atoms with van der Waals surface area (Å²) < 4.78 is 24.1. The van der Waals surface area contributed by atoms with Crippen LogP contribution in [0.2, 0.25) is 0 Å². The van der Waals surface area contributed by atoms with Gasteiger partial charge in [-0.25, -0.2) is 8.42 Å². The fraction of sp³-hybridized carbons (Fsp3) is 0.800. The maximum atomic E-state index is 12.1. The maximum Gasteiger partial charge on any atom is 0.193 e. The van der Waals surface area contributed by atoms with Crippen molar-refractivity contribution in [3.63, 3.8) is 0 Å². The molecule has 1 rings (SSSR count). The van der Waals surface area contributed by atoms with Crippen LogP contribution in [-0.4, -0.2) is 8.42 Å². The zero-order valence-corrected chi connectivity index (χ0v) is 16.4. The molecule has 0 unspecified atom stereocenters. The highest BCUT2D eigenvalue weighted by atomic mass is 32.2. The monoisotopic (exact) mass is 340 g/mol. The molecule has 1 aliphatic heterocycles. The third kappa shape index (κ3) is 7.24. The van der Waals surface area contributed by atoms with Gasteiger partial charge in [0.15, 0.2) is 9.84 Å². The zero-order chi connectivity index (χ0) is 17.3. The summed E-state index contributed by atoms with van der Waals surface area (Å²) in [6.07, 6.45) is 11.5. The van der Waals surface area contributed by atoms with E-state index >= 15 is 0 Å². The molecule has 134 valence electrons. The van der Waals surface area contributed by atoms with Crippen LogP contribution in [0, 0.1) is 11.8 Å². The van der Waals surface area contributed by atoms with E-state index in [1.165, 1.54) is 38.5 Å². The molecule has 0 radical (unpaired) electrons. The summed E-state index contributed by atoms with van der Waals surface area (Å²) in [5.41, 5.74) is 2.20.